The van der Waals surface area contributed by atoms with E-state index >= 15 is 0 Å². The van der Waals surface area contributed by atoms with E-state index in [0.29, 0.717) is 13.0 Å². The predicted molar refractivity (Wildman–Crippen MR) is 76.5 cm³/mol. The minimum atomic E-state index is 0.189. The van der Waals surface area contributed by atoms with Crippen molar-refractivity contribution in [3.8, 4) is 0 Å². The SMILES string of the molecule is OCCc1ccc(NCc2cccc(Br)n2)cc1. The second-order valence-corrected chi connectivity index (χ2v) is 4.79. The average molecular weight is 307 g/mol. The number of hydrogen-bond acceptors (Lipinski definition) is 3. The molecule has 0 amide bonds. The second kappa shape index (κ2) is 6.52. The van der Waals surface area contributed by atoms with Crippen LogP contribution in [0.3, 0.4) is 0 Å². The maximum Gasteiger partial charge on any atom is 0.106 e. The van der Waals surface area contributed by atoms with Gasteiger partial charge >= 0.3 is 0 Å². The molecular formula is C14H15BrN2O. The van der Waals surface area contributed by atoms with Crippen LogP contribution in [0.15, 0.2) is 47.1 Å². The van der Waals surface area contributed by atoms with Gasteiger partial charge in [-0.3, -0.25) is 0 Å². The smallest absolute Gasteiger partial charge is 0.106 e. The number of benzene rings is 1. The third-order valence-corrected chi connectivity index (χ3v) is 3.04. The zero-order valence-corrected chi connectivity index (χ0v) is 11.5. The Hall–Kier alpha value is -1.39. The van der Waals surface area contributed by atoms with Crippen molar-refractivity contribution in [3.63, 3.8) is 0 Å². The van der Waals surface area contributed by atoms with Gasteiger partial charge in [-0.1, -0.05) is 18.2 Å². The molecule has 0 saturated carbocycles. The number of hydrogen-bond donors (Lipinski definition) is 2. The van der Waals surface area contributed by atoms with Crippen molar-refractivity contribution in [2.45, 2.75) is 13.0 Å². The Morgan fingerprint density at radius 1 is 1.11 bits per heavy atom. The molecule has 1 aromatic carbocycles. The number of aromatic nitrogens is 1. The fourth-order valence-corrected chi connectivity index (χ4v) is 2.04. The monoisotopic (exact) mass is 306 g/mol. The summed E-state index contributed by atoms with van der Waals surface area (Å²) in [4.78, 5) is 4.36. The highest BCUT2D eigenvalue weighted by Gasteiger charge is 1.97. The summed E-state index contributed by atoms with van der Waals surface area (Å²) >= 11 is 3.35. The van der Waals surface area contributed by atoms with Gasteiger partial charge in [0.1, 0.15) is 4.60 Å². The topological polar surface area (TPSA) is 45.1 Å². The lowest BCUT2D eigenvalue weighted by Crippen LogP contribution is -2.01. The molecule has 1 heterocycles. The lowest BCUT2D eigenvalue weighted by molar-refractivity contribution is 0.299. The molecule has 0 aliphatic heterocycles. The van der Waals surface area contributed by atoms with Gasteiger partial charge in [-0.2, -0.15) is 0 Å². The van der Waals surface area contributed by atoms with Gasteiger partial charge in [0.05, 0.1) is 12.2 Å². The molecule has 0 bridgehead atoms. The summed E-state index contributed by atoms with van der Waals surface area (Å²) in [6.07, 6.45) is 0.702. The fourth-order valence-electron chi connectivity index (χ4n) is 1.66. The van der Waals surface area contributed by atoms with Gasteiger partial charge < -0.3 is 10.4 Å². The lowest BCUT2D eigenvalue weighted by atomic mass is 10.1. The quantitative estimate of drug-likeness (QED) is 0.835. The zero-order chi connectivity index (χ0) is 12.8. The molecule has 94 valence electrons. The van der Waals surface area contributed by atoms with E-state index < -0.39 is 0 Å². The van der Waals surface area contributed by atoms with Gasteiger partial charge in [0.2, 0.25) is 0 Å². The molecule has 0 saturated heterocycles. The number of nitrogens with zero attached hydrogens (tertiary/aromatic N) is 1. The zero-order valence-electron chi connectivity index (χ0n) is 9.94. The first kappa shape index (κ1) is 13.1. The summed E-state index contributed by atoms with van der Waals surface area (Å²) in [5.74, 6) is 0. The van der Waals surface area contributed by atoms with E-state index in [2.05, 4.69) is 26.2 Å². The lowest BCUT2D eigenvalue weighted by Gasteiger charge is -2.07. The van der Waals surface area contributed by atoms with Crippen LogP contribution >= 0.6 is 15.9 Å². The van der Waals surface area contributed by atoms with E-state index in [1.165, 1.54) is 0 Å². The van der Waals surface area contributed by atoms with Gasteiger partial charge in [0, 0.05) is 12.3 Å². The molecule has 3 nitrogen and oxygen atoms in total. The Bertz CT molecular complexity index is 499. The molecule has 4 heteroatoms. The Morgan fingerprint density at radius 3 is 2.56 bits per heavy atom. The third kappa shape index (κ3) is 3.82. The minimum absolute atomic E-state index is 0.189. The molecule has 0 atom stereocenters. The van der Waals surface area contributed by atoms with Crippen LogP contribution in [0.2, 0.25) is 0 Å². The first-order valence-corrected chi connectivity index (χ1v) is 6.62. The standard InChI is InChI=1S/C14H15BrN2O/c15-14-3-1-2-13(17-14)10-16-12-6-4-11(5-7-12)8-9-18/h1-7,16,18H,8-10H2. The van der Waals surface area contributed by atoms with Crippen molar-refractivity contribution in [2.75, 3.05) is 11.9 Å². The molecule has 18 heavy (non-hydrogen) atoms. The summed E-state index contributed by atoms with van der Waals surface area (Å²) in [6.45, 7) is 0.882. The summed E-state index contributed by atoms with van der Waals surface area (Å²) in [5.41, 5.74) is 3.19. The van der Waals surface area contributed by atoms with Crippen LogP contribution in [0.4, 0.5) is 5.69 Å². The van der Waals surface area contributed by atoms with Gasteiger partial charge in [0.25, 0.3) is 0 Å². The first-order valence-electron chi connectivity index (χ1n) is 5.83. The molecule has 1 aromatic heterocycles. The second-order valence-electron chi connectivity index (χ2n) is 3.98. The Morgan fingerprint density at radius 2 is 1.89 bits per heavy atom. The highest BCUT2D eigenvalue weighted by molar-refractivity contribution is 9.10. The van der Waals surface area contributed by atoms with Crippen molar-refractivity contribution in [2.24, 2.45) is 0 Å². The Kier molecular flexibility index (Phi) is 4.73. The number of rotatable bonds is 5. The number of halogens is 1. The summed E-state index contributed by atoms with van der Waals surface area (Å²) < 4.78 is 0.847. The van der Waals surface area contributed by atoms with Crippen molar-refractivity contribution < 1.29 is 5.11 Å². The van der Waals surface area contributed by atoms with Gasteiger partial charge in [-0.05, 0) is 52.2 Å². The summed E-state index contributed by atoms with van der Waals surface area (Å²) in [7, 11) is 0. The number of aliphatic hydroxyl groups is 1. The van der Waals surface area contributed by atoms with Gasteiger partial charge in [0.15, 0.2) is 0 Å². The molecule has 0 unspecified atom stereocenters. The van der Waals surface area contributed by atoms with Crippen molar-refractivity contribution in [3.05, 3.63) is 58.3 Å². The van der Waals surface area contributed by atoms with Crippen molar-refractivity contribution >= 4 is 21.6 Å². The summed E-state index contributed by atoms with van der Waals surface area (Å²) in [6, 6.07) is 13.9. The predicted octanol–water partition coefficient (Wildman–Crippen LogP) is 2.99. The number of anilines is 1. The molecule has 0 spiro atoms. The van der Waals surface area contributed by atoms with Crippen LogP contribution in [0.5, 0.6) is 0 Å². The van der Waals surface area contributed by atoms with Crippen LogP contribution in [0.1, 0.15) is 11.3 Å². The highest BCUT2D eigenvalue weighted by Crippen LogP contribution is 2.12. The van der Waals surface area contributed by atoms with Gasteiger partial charge in [-0.15, -0.1) is 0 Å². The molecule has 2 N–H and O–H groups in total. The maximum atomic E-state index is 8.84. The molecule has 0 radical (unpaired) electrons. The van der Waals surface area contributed by atoms with Crippen LogP contribution in [0.25, 0.3) is 0 Å². The molecule has 2 rings (SSSR count). The van der Waals surface area contributed by atoms with E-state index in [-0.39, 0.29) is 6.61 Å². The van der Waals surface area contributed by atoms with Crippen LogP contribution < -0.4 is 5.32 Å². The van der Waals surface area contributed by atoms with E-state index in [1.807, 2.05) is 42.5 Å². The van der Waals surface area contributed by atoms with E-state index in [9.17, 15) is 0 Å². The highest BCUT2D eigenvalue weighted by atomic mass is 79.9. The number of nitrogens with one attached hydrogen (secondary N) is 1. The molecule has 0 fully saturated rings. The van der Waals surface area contributed by atoms with E-state index in [0.717, 1.165) is 21.5 Å². The fraction of sp³-hybridized carbons (Fsp3) is 0.214. The summed E-state index contributed by atoms with van der Waals surface area (Å²) in [5, 5.41) is 12.2. The van der Waals surface area contributed by atoms with Crippen LogP contribution in [-0.4, -0.2) is 16.7 Å². The Labute approximate surface area is 115 Å². The largest absolute Gasteiger partial charge is 0.396 e. The van der Waals surface area contributed by atoms with E-state index in [1.54, 1.807) is 0 Å². The Balaban J connectivity index is 1.93. The van der Waals surface area contributed by atoms with Crippen molar-refractivity contribution in [1.82, 2.24) is 4.98 Å². The first-order chi connectivity index (χ1) is 8.78. The average Bonchev–Trinajstić information content (AvgIpc) is 2.38. The van der Waals surface area contributed by atoms with Crippen LogP contribution in [0, 0.1) is 0 Å². The molecular weight excluding hydrogens is 292 g/mol. The normalized spacial score (nSPS) is 10.3. The van der Waals surface area contributed by atoms with Gasteiger partial charge in [-0.25, -0.2) is 4.98 Å². The number of aliphatic hydroxyl groups excluding tert-OH is 1. The molecule has 0 aliphatic carbocycles. The third-order valence-electron chi connectivity index (χ3n) is 2.60. The van der Waals surface area contributed by atoms with E-state index in [4.69, 9.17) is 5.11 Å². The molecule has 0 aliphatic rings. The molecule has 2 aromatic rings. The number of pyridine rings is 1. The van der Waals surface area contributed by atoms with Crippen molar-refractivity contribution in [1.29, 1.82) is 0 Å². The van der Waals surface area contributed by atoms with Crippen LogP contribution in [-0.2, 0) is 13.0 Å². The maximum absolute atomic E-state index is 8.84. The minimum Gasteiger partial charge on any atom is -0.396 e.